The van der Waals surface area contributed by atoms with Crippen molar-refractivity contribution >= 4 is 17.4 Å². The van der Waals surface area contributed by atoms with Gasteiger partial charge in [-0.25, -0.2) is 0 Å². The number of benzene rings is 1. The first-order valence-electron chi connectivity index (χ1n) is 5.27. The zero-order chi connectivity index (χ0) is 10.7. The summed E-state index contributed by atoms with van der Waals surface area (Å²) in [5.74, 6) is 0.0975. The Bertz CT molecular complexity index is 407. The van der Waals surface area contributed by atoms with E-state index in [0.29, 0.717) is 10.6 Å². The van der Waals surface area contributed by atoms with Crippen molar-refractivity contribution in [3.8, 4) is 0 Å². The van der Waals surface area contributed by atoms with Crippen molar-refractivity contribution in [1.29, 1.82) is 0 Å². The van der Waals surface area contributed by atoms with Gasteiger partial charge in [-0.1, -0.05) is 29.8 Å². The first kappa shape index (κ1) is 10.4. The van der Waals surface area contributed by atoms with Gasteiger partial charge in [0.05, 0.1) is 5.02 Å². The van der Waals surface area contributed by atoms with Crippen LogP contribution in [0.5, 0.6) is 0 Å². The Kier molecular flexibility index (Phi) is 3.22. The van der Waals surface area contributed by atoms with Crippen molar-refractivity contribution < 1.29 is 4.79 Å². The van der Waals surface area contributed by atoms with Gasteiger partial charge in [-0.3, -0.25) is 4.79 Å². The average Bonchev–Trinajstić information content (AvgIpc) is 2.30. The summed E-state index contributed by atoms with van der Waals surface area (Å²) in [6.45, 7) is 0. The SMILES string of the molecule is O=C(C1=CCCCC1)c1ccccc1Cl. The van der Waals surface area contributed by atoms with Gasteiger partial charge < -0.3 is 0 Å². The van der Waals surface area contributed by atoms with E-state index < -0.39 is 0 Å². The fourth-order valence-corrected chi connectivity index (χ4v) is 2.08. The molecule has 0 bridgehead atoms. The van der Waals surface area contributed by atoms with Crippen LogP contribution in [0.2, 0.25) is 5.02 Å². The molecule has 0 atom stereocenters. The molecule has 0 radical (unpaired) electrons. The molecule has 0 aromatic heterocycles. The van der Waals surface area contributed by atoms with Crippen LogP contribution in [0.4, 0.5) is 0 Å². The number of halogens is 1. The fraction of sp³-hybridized carbons (Fsp3) is 0.308. The van der Waals surface area contributed by atoms with Crippen LogP contribution in [0.15, 0.2) is 35.9 Å². The van der Waals surface area contributed by atoms with Gasteiger partial charge in [-0.05, 0) is 43.4 Å². The van der Waals surface area contributed by atoms with Crippen molar-refractivity contribution in [2.75, 3.05) is 0 Å². The number of carbonyl (C=O) groups is 1. The third kappa shape index (κ3) is 2.29. The lowest BCUT2D eigenvalue weighted by atomic mass is 9.93. The summed E-state index contributed by atoms with van der Waals surface area (Å²) in [5.41, 5.74) is 1.56. The molecule has 0 N–H and O–H groups in total. The van der Waals surface area contributed by atoms with E-state index in [1.165, 1.54) is 6.42 Å². The van der Waals surface area contributed by atoms with E-state index >= 15 is 0 Å². The summed E-state index contributed by atoms with van der Waals surface area (Å²) in [6, 6.07) is 7.25. The zero-order valence-electron chi connectivity index (χ0n) is 8.50. The third-order valence-corrected chi connectivity index (χ3v) is 3.03. The molecule has 0 heterocycles. The van der Waals surface area contributed by atoms with E-state index in [1.54, 1.807) is 12.1 Å². The summed E-state index contributed by atoms with van der Waals surface area (Å²) in [5, 5.41) is 0.550. The molecule has 2 heteroatoms. The molecule has 0 saturated heterocycles. The van der Waals surface area contributed by atoms with Crippen LogP contribution in [-0.2, 0) is 0 Å². The van der Waals surface area contributed by atoms with E-state index in [9.17, 15) is 4.79 Å². The third-order valence-electron chi connectivity index (χ3n) is 2.70. The Morgan fingerprint density at radius 1 is 1.20 bits per heavy atom. The summed E-state index contributed by atoms with van der Waals surface area (Å²) < 4.78 is 0. The molecule has 1 aromatic rings. The molecule has 1 nitrogen and oxygen atoms in total. The van der Waals surface area contributed by atoms with E-state index in [4.69, 9.17) is 11.6 Å². The highest BCUT2D eigenvalue weighted by Crippen LogP contribution is 2.24. The second-order valence-electron chi connectivity index (χ2n) is 3.78. The largest absolute Gasteiger partial charge is 0.289 e. The van der Waals surface area contributed by atoms with Crippen LogP contribution in [0, 0.1) is 0 Å². The molecule has 1 aliphatic rings. The molecule has 78 valence electrons. The lowest BCUT2D eigenvalue weighted by molar-refractivity contribution is 0.102. The maximum Gasteiger partial charge on any atom is 0.190 e. The lowest BCUT2D eigenvalue weighted by Gasteiger charge is -2.12. The predicted octanol–water partition coefficient (Wildman–Crippen LogP) is 4.02. The minimum atomic E-state index is 0.0975. The smallest absolute Gasteiger partial charge is 0.190 e. The highest BCUT2D eigenvalue weighted by Gasteiger charge is 2.16. The Morgan fingerprint density at radius 2 is 2.00 bits per heavy atom. The Labute approximate surface area is 94.8 Å². The Hall–Kier alpha value is -1.08. The minimum Gasteiger partial charge on any atom is -0.289 e. The van der Waals surface area contributed by atoms with Gasteiger partial charge in [0.2, 0.25) is 0 Å². The quantitative estimate of drug-likeness (QED) is 0.688. The van der Waals surface area contributed by atoms with Crippen LogP contribution < -0.4 is 0 Å². The van der Waals surface area contributed by atoms with E-state index in [0.717, 1.165) is 24.8 Å². The van der Waals surface area contributed by atoms with Crippen molar-refractivity contribution in [1.82, 2.24) is 0 Å². The highest BCUT2D eigenvalue weighted by molar-refractivity contribution is 6.34. The minimum absolute atomic E-state index is 0.0975. The fourth-order valence-electron chi connectivity index (χ4n) is 1.86. The zero-order valence-corrected chi connectivity index (χ0v) is 9.26. The molecule has 15 heavy (non-hydrogen) atoms. The molecular weight excluding hydrogens is 208 g/mol. The van der Waals surface area contributed by atoms with Gasteiger partial charge in [-0.15, -0.1) is 0 Å². The van der Waals surface area contributed by atoms with Crippen LogP contribution in [0.3, 0.4) is 0 Å². The molecule has 0 unspecified atom stereocenters. The number of allylic oxidation sites excluding steroid dienone is 2. The van der Waals surface area contributed by atoms with Crippen molar-refractivity contribution in [3.05, 3.63) is 46.5 Å². The molecule has 0 fully saturated rings. The topological polar surface area (TPSA) is 17.1 Å². The van der Waals surface area contributed by atoms with E-state index in [1.807, 2.05) is 12.1 Å². The van der Waals surface area contributed by atoms with Gasteiger partial charge in [0.15, 0.2) is 5.78 Å². The second kappa shape index (κ2) is 4.63. The van der Waals surface area contributed by atoms with Gasteiger partial charge in [0, 0.05) is 5.56 Å². The monoisotopic (exact) mass is 220 g/mol. The van der Waals surface area contributed by atoms with Crippen molar-refractivity contribution in [3.63, 3.8) is 0 Å². The number of carbonyl (C=O) groups excluding carboxylic acids is 1. The van der Waals surface area contributed by atoms with Crippen molar-refractivity contribution in [2.24, 2.45) is 0 Å². The molecule has 0 saturated carbocycles. The number of hydrogen-bond acceptors (Lipinski definition) is 1. The summed E-state index contributed by atoms with van der Waals surface area (Å²) in [4.78, 5) is 12.1. The molecule has 0 aliphatic heterocycles. The number of hydrogen-bond donors (Lipinski definition) is 0. The predicted molar refractivity (Wildman–Crippen MR) is 62.3 cm³/mol. The molecule has 0 amide bonds. The van der Waals surface area contributed by atoms with Gasteiger partial charge in [0.1, 0.15) is 0 Å². The summed E-state index contributed by atoms with van der Waals surface area (Å²) in [7, 11) is 0. The molecule has 2 rings (SSSR count). The van der Waals surface area contributed by atoms with Gasteiger partial charge >= 0.3 is 0 Å². The lowest BCUT2D eigenvalue weighted by Crippen LogP contribution is -2.06. The Morgan fingerprint density at radius 3 is 2.67 bits per heavy atom. The van der Waals surface area contributed by atoms with Gasteiger partial charge in [0.25, 0.3) is 0 Å². The second-order valence-corrected chi connectivity index (χ2v) is 4.19. The number of ketones is 1. The highest BCUT2D eigenvalue weighted by atomic mass is 35.5. The van der Waals surface area contributed by atoms with Crippen LogP contribution in [0.1, 0.15) is 36.0 Å². The van der Waals surface area contributed by atoms with Crippen LogP contribution >= 0.6 is 11.6 Å². The normalized spacial score (nSPS) is 15.9. The van der Waals surface area contributed by atoms with Gasteiger partial charge in [-0.2, -0.15) is 0 Å². The maximum atomic E-state index is 12.1. The number of rotatable bonds is 2. The molecule has 1 aromatic carbocycles. The summed E-state index contributed by atoms with van der Waals surface area (Å²) >= 11 is 5.99. The van der Waals surface area contributed by atoms with Crippen LogP contribution in [0.25, 0.3) is 0 Å². The van der Waals surface area contributed by atoms with E-state index in [2.05, 4.69) is 6.08 Å². The Balaban J connectivity index is 2.28. The average molecular weight is 221 g/mol. The summed E-state index contributed by atoms with van der Waals surface area (Å²) in [6.07, 6.45) is 6.27. The van der Waals surface area contributed by atoms with Crippen molar-refractivity contribution in [2.45, 2.75) is 25.7 Å². The molecule has 0 spiro atoms. The first-order chi connectivity index (χ1) is 7.29. The maximum absolute atomic E-state index is 12.1. The first-order valence-corrected chi connectivity index (χ1v) is 5.65. The molecular formula is C13H13ClO. The van der Waals surface area contributed by atoms with Crippen LogP contribution in [-0.4, -0.2) is 5.78 Å². The number of Topliss-reactive ketones (excluding diaryl/α,β-unsaturated/α-hetero) is 1. The standard InChI is InChI=1S/C13H13ClO/c14-12-9-5-4-8-11(12)13(15)10-6-2-1-3-7-10/h4-6,8-9H,1-3,7H2. The molecule has 1 aliphatic carbocycles. The van der Waals surface area contributed by atoms with E-state index in [-0.39, 0.29) is 5.78 Å².